The van der Waals surface area contributed by atoms with Gasteiger partial charge in [0.2, 0.25) is 0 Å². The summed E-state index contributed by atoms with van der Waals surface area (Å²) in [6.07, 6.45) is 0. The highest BCUT2D eigenvalue weighted by Crippen LogP contribution is 2.41. The molecule has 0 saturated heterocycles. The minimum Gasteiger partial charge on any atom is -0.309 e. The van der Waals surface area contributed by atoms with Crippen molar-refractivity contribution in [3.63, 3.8) is 0 Å². The Balaban J connectivity index is 1.07. The van der Waals surface area contributed by atoms with Crippen molar-refractivity contribution in [2.24, 2.45) is 0 Å². The van der Waals surface area contributed by atoms with E-state index in [4.69, 9.17) is 0 Å². The maximum absolute atomic E-state index is 2.78. The van der Waals surface area contributed by atoms with Crippen molar-refractivity contribution in [1.82, 2.24) is 13.7 Å². The molecule has 10 aromatic carbocycles. The predicted molar refractivity (Wildman–Crippen MR) is 273 cm³/mol. The Morgan fingerprint density at radius 2 is 0.625 bits per heavy atom. The van der Waals surface area contributed by atoms with Crippen LogP contribution in [-0.4, -0.2) is 21.8 Å². The van der Waals surface area contributed by atoms with E-state index in [9.17, 15) is 0 Å². The molecule has 0 unspecified atom stereocenters. The average Bonchev–Trinajstić information content (AvgIpc) is 4.01. The summed E-state index contributed by atoms with van der Waals surface area (Å²) >= 11 is 0. The fraction of sp³-hybridized carbons (Fsp3) is 0. The van der Waals surface area contributed by atoms with Crippen LogP contribution in [0.1, 0.15) is 0 Å². The monoisotopic (exact) mass is 831 g/mol. The fourth-order valence-electron chi connectivity index (χ4n) is 11.0. The SMILES string of the molecule is c1ccc([Si](c2ccccc2)(c2ccccc2)c2cccc(-n3c4ccccc4c4ccc(-n5c6ccccc6c6c(-n7c8ccccc8c8ccccc87)cccc65)cc43)c2)cc1. The van der Waals surface area contributed by atoms with Crippen LogP contribution in [0.2, 0.25) is 0 Å². The molecular weight excluding hydrogens is 791 g/mol. The Labute approximate surface area is 372 Å². The van der Waals surface area contributed by atoms with Crippen LogP contribution in [0, 0.1) is 0 Å². The predicted octanol–water partition coefficient (Wildman–Crippen LogP) is 12.4. The number of para-hydroxylation sites is 4. The molecule has 3 nitrogen and oxygen atoms in total. The standard InChI is InChI=1S/C60H41N3Si/c1-4-21-44(22-5-1)64(45-23-6-2-7-24-45,46-25-8-3-9-26-46)47-27-18-20-42(40-47)62-53-32-14-10-30-50(53)51-39-38-43(41-59(51)62)61-56-35-17-13-31-52(56)60-57(61)36-19-37-58(60)63-54-33-15-11-28-48(54)49-29-12-16-34-55(49)63/h1-41H. The van der Waals surface area contributed by atoms with Crippen LogP contribution in [0.4, 0.5) is 0 Å². The Kier molecular flexibility index (Phi) is 8.23. The summed E-state index contributed by atoms with van der Waals surface area (Å²) in [5, 5.41) is 12.9. The van der Waals surface area contributed by atoms with E-state index in [-0.39, 0.29) is 0 Å². The van der Waals surface area contributed by atoms with Crippen molar-refractivity contribution >= 4 is 94.2 Å². The number of nitrogens with zero attached hydrogens (tertiary/aromatic N) is 3. The van der Waals surface area contributed by atoms with Gasteiger partial charge in [-0.3, -0.25) is 0 Å². The van der Waals surface area contributed by atoms with E-state index in [1.54, 1.807) is 0 Å². The van der Waals surface area contributed by atoms with Gasteiger partial charge >= 0.3 is 0 Å². The van der Waals surface area contributed by atoms with E-state index in [0.29, 0.717) is 0 Å². The van der Waals surface area contributed by atoms with Crippen molar-refractivity contribution in [3.05, 3.63) is 249 Å². The first-order valence-corrected chi connectivity index (χ1v) is 24.1. The summed E-state index contributed by atoms with van der Waals surface area (Å²) in [5.41, 5.74) is 10.6. The van der Waals surface area contributed by atoms with E-state index < -0.39 is 8.07 Å². The van der Waals surface area contributed by atoms with Gasteiger partial charge in [-0.25, -0.2) is 0 Å². The van der Waals surface area contributed by atoms with Crippen LogP contribution in [-0.2, 0) is 0 Å². The first-order valence-electron chi connectivity index (χ1n) is 22.1. The van der Waals surface area contributed by atoms with Gasteiger partial charge in [-0.2, -0.15) is 0 Å². The van der Waals surface area contributed by atoms with Crippen LogP contribution < -0.4 is 20.7 Å². The summed E-state index contributed by atoms with van der Waals surface area (Å²) in [6.45, 7) is 0. The van der Waals surface area contributed by atoms with Crippen molar-refractivity contribution in [3.8, 4) is 17.1 Å². The number of hydrogen-bond acceptors (Lipinski definition) is 0. The van der Waals surface area contributed by atoms with Gasteiger partial charge in [-0.15, -0.1) is 0 Å². The zero-order chi connectivity index (χ0) is 42.2. The maximum Gasteiger partial charge on any atom is 0.179 e. The minimum atomic E-state index is -2.78. The number of fused-ring (bicyclic) bond motifs is 9. The van der Waals surface area contributed by atoms with Crippen molar-refractivity contribution in [2.75, 3.05) is 0 Å². The molecule has 3 heterocycles. The summed E-state index contributed by atoms with van der Waals surface area (Å²) in [5.74, 6) is 0. The number of benzene rings is 10. The summed E-state index contributed by atoms with van der Waals surface area (Å²) in [4.78, 5) is 0. The third kappa shape index (κ3) is 5.27. The van der Waals surface area contributed by atoms with Gasteiger partial charge in [0.15, 0.2) is 8.07 Å². The highest BCUT2D eigenvalue weighted by molar-refractivity contribution is 7.19. The van der Waals surface area contributed by atoms with Crippen molar-refractivity contribution < 1.29 is 0 Å². The molecule has 0 N–H and O–H groups in total. The third-order valence-electron chi connectivity index (χ3n) is 13.6. The zero-order valence-electron chi connectivity index (χ0n) is 35.0. The molecule has 0 aliphatic rings. The molecule has 0 bridgehead atoms. The lowest BCUT2D eigenvalue weighted by atomic mass is 10.1. The topological polar surface area (TPSA) is 14.8 Å². The molecule has 13 aromatic rings. The summed E-state index contributed by atoms with van der Waals surface area (Å²) in [6, 6.07) is 92.2. The highest BCUT2D eigenvalue weighted by atomic mass is 28.3. The Morgan fingerprint density at radius 3 is 1.19 bits per heavy atom. The van der Waals surface area contributed by atoms with Crippen molar-refractivity contribution in [1.29, 1.82) is 0 Å². The second-order valence-corrected chi connectivity index (χ2v) is 20.7. The maximum atomic E-state index is 2.50. The quantitative estimate of drug-likeness (QED) is 0.112. The largest absolute Gasteiger partial charge is 0.309 e. The Bertz CT molecular complexity index is 3750. The smallest absolute Gasteiger partial charge is 0.179 e. The van der Waals surface area contributed by atoms with E-state index in [0.717, 1.165) is 11.4 Å². The molecule has 0 atom stereocenters. The van der Waals surface area contributed by atoms with Gasteiger partial charge in [0.25, 0.3) is 0 Å². The van der Waals surface area contributed by atoms with Gasteiger partial charge < -0.3 is 13.7 Å². The molecule has 300 valence electrons. The second-order valence-electron chi connectivity index (χ2n) is 16.8. The number of aromatic nitrogens is 3. The molecule has 0 aliphatic carbocycles. The van der Waals surface area contributed by atoms with Crippen LogP contribution >= 0.6 is 0 Å². The van der Waals surface area contributed by atoms with Gasteiger partial charge in [-0.05, 0) is 81.4 Å². The van der Waals surface area contributed by atoms with E-state index in [1.807, 2.05) is 0 Å². The summed E-state index contributed by atoms with van der Waals surface area (Å²) < 4.78 is 7.43. The average molecular weight is 832 g/mol. The number of hydrogen-bond donors (Lipinski definition) is 0. The molecule has 64 heavy (non-hydrogen) atoms. The van der Waals surface area contributed by atoms with Gasteiger partial charge in [-0.1, -0.05) is 188 Å². The first kappa shape index (κ1) is 36.5. The van der Waals surface area contributed by atoms with Crippen LogP contribution in [0.25, 0.3) is 82.5 Å². The number of rotatable bonds is 7. The van der Waals surface area contributed by atoms with E-state index >= 15 is 0 Å². The first-order chi connectivity index (χ1) is 31.8. The van der Waals surface area contributed by atoms with Gasteiger partial charge in [0, 0.05) is 43.7 Å². The van der Waals surface area contributed by atoms with E-state index in [2.05, 4.69) is 262 Å². The summed E-state index contributed by atoms with van der Waals surface area (Å²) in [7, 11) is -2.78. The molecule has 13 rings (SSSR count). The van der Waals surface area contributed by atoms with Gasteiger partial charge in [0.1, 0.15) is 0 Å². The molecule has 3 aromatic heterocycles. The molecule has 0 amide bonds. The molecule has 4 heteroatoms. The lowest BCUT2D eigenvalue weighted by Gasteiger charge is -2.34. The molecule has 0 spiro atoms. The van der Waals surface area contributed by atoms with E-state index in [1.165, 1.54) is 91.9 Å². The van der Waals surface area contributed by atoms with Crippen LogP contribution in [0.15, 0.2) is 249 Å². The van der Waals surface area contributed by atoms with Crippen LogP contribution in [0.3, 0.4) is 0 Å². The fourth-order valence-corrected chi connectivity index (χ4v) is 15.8. The lowest BCUT2D eigenvalue weighted by Crippen LogP contribution is -2.74. The minimum absolute atomic E-state index is 1.12. The Hall–Kier alpha value is -8.18. The Morgan fingerprint density at radius 1 is 0.234 bits per heavy atom. The second kappa shape index (κ2) is 14.5. The van der Waals surface area contributed by atoms with Crippen molar-refractivity contribution in [2.45, 2.75) is 0 Å². The molecule has 0 radical (unpaired) electrons. The van der Waals surface area contributed by atoms with Crippen LogP contribution in [0.5, 0.6) is 0 Å². The molecule has 0 saturated carbocycles. The highest BCUT2D eigenvalue weighted by Gasteiger charge is 2.41. The third-order valence-corrected chi connectivity index (χ3v) is 18.3. The molecule has 0 fully saturated rings. The zero-order valence-corrected chi connectivity index (χ0v) is 36.0. The lowest BCUT2D eigenvalue weighted by molar-refractivity contribution is 1.15. The normalized spacial score (nSPS) is 12.1. The molecule has 0 aliphatic heterocycles. The van der Waals surface area contributed by atoms with Gasteiger partial charge in [0.05, 0.1) is 38.8 Å². The molecular formula is C60H41N3Si.